The van der Waals surface area contributed by atoms with Crippen molar-refractivity contribution < 1.29 is 9.72 Å². The zero-order valence-electron chi connectivity index (χ0n) is 10.4. The second-order valence-electron chi connectivity index (χ2n) is 4.05. The number of rotatable bonds is 4. The maximum atomic E-state index is 12.0. The average molecular weight is 312 g/mol. The summed E-state index contributed by atoms with van der Waals surface area (Å²) in [6.45, 7) is 2.28. The Balaban J connectivity index is 2.15. The summed E-state index contributed by atoms with van der Waals surface area (Å²) in [5.74, 6) is -0.489. The Bertz CT molecular complexity index is 672. The standard InChI is InChI=1S/C12H10ClN3O3S/c1-7-5-20-6-8(7)3-15-12(17)10-2-9(16(18)19)4-14-11(10)13/h2,4-6H,3H2,1H3,(H,15,17). The van der Waals surface area contributed by atoms with Crippen LogP contribution in [0.3, 0.4) is 0 Å². The lowest BCUT2D eigenvalue weighted by molar-refractivity contribution is -0.385. The maximum absolute atomic E-state index is 12.0. The maximum Gasteiger partial charge on any atom is 0.288 e. The molecule has 0 aliphatic carbocycles. The monoisotopic (exact) mass is 311 g/mol. The van der Waals surface area contributed by atoms with E-state index in [1.54, 1.807) is 11.3 Å². The number of aryl methyl sites for hydroxylation is 1. The van der Waals surface area contributed by atoms with Gasteiger partial charge in [0.25, 0.3) is 11.6 Å². The molecule has 20 heavy (non-hydrogen) atoms. The molecule has 104 valence electrons. The molecule has 8 heteroatoms. The number of hydrogen-bond acceptors (Lipinski definition) is 5. The third kappa shape index (κ3) is 3.12. The van der Waals surface area contributed by atoms with E-state index in [0.717, 1.165) is 23.4 Å². The third-order valence-electron chi connectivity index (χ3n) is 2.68. The summed E-state index contributed by atoms with van der Waals surface area (Å²) in [6.07, 6.45) is 1.02. The Morgan fingerprint density at radius 1 is 1.55 bits per heavy atom. The number of nitrogens with zero attached hydrogens (tertiary/aromatic N) is 2. The highest BCUT2D eigenvalue weighted by Gasteiger charge is 2.17. The number of amides is 1. The molecule has 2 rings (SSSR count). The van der Waals surface area contributed by atoms with Gasteiger partial charge in [0, 0.05) is 12.6 Å². The topological polar surface area (TPSA) is 85.1 Å². The van der Waals surface area contributed by atoms with Gasteiger partial charge in [-0.1, -0.05) is 11.6 Å². The number of hydrogen-bond donors (Lipinski definition) is 1. The van der Waals surface area contributed by atoms with Crippen LogP contribution in [0.15, 0.2) is 23.0 Å². The van der Waals surface area contributed by atoms with Crippen molar-refractivity contribution in [3.8, 4) is 0 Å². The fraction of sp³-hybridized carbons (Fsp3) is 0.167. The quantitative estimate of drug-likeness (QED) is 0.534. The molecule has 0 bridgehead atoms. The van der Waals surface area contributed by atoms with Crippen LogP contribution in [0.5, 0.6) is 0 Å². The van der Waals surface area contributed by atoms with E-state index in [1.165, 1.54) is 0 Å². The number of pyridine rings is 1. The van der Waals surface area contributed by atoms with Gasteiger partial charge in [0.1, 0.15) is 11.3 Å². The van der Waals surface area contributed by atoms with Crippen LogP contribution in [0.2, 0.25) is 5.15 Å². The molecule has 0 atom stereocenters. The zero-order valence-corrected chi connectivity index (χ0v) is 12.0. The average Bonchev–Trinajstić information content (AvgIpc) is 2.81. The zero-order chi connectivity index (χ0) is 14.7. The van der Waals surface area contributed by atoms with Crippen molar-refractivity contribution in [3.63, 3.8) is 0 Å². The third-order valence-corrected chi connectivity index (χ3v) is 3.89. The Morgan fingerprint density at radius 3 is 2.90 bits per heavy atom. The van der Waals surface area contributed by atoms with Crippen LogP contribution >= 0.6 is 22.9 Å². The first kappa shape index (κ1) is 14.4. The lowest BCUT2D eigenvalue weighted by atomic mass is 10.2. The molecule has 1 amide bonds. The van der Waals surface area contributed by atoms with E-state index in [1.807, 2.05) is 17.7 Å². The SMILES string of the molecule is Cc1cscc1CNC(=O)c1cc([N+](=O)[O-])cnc1Cl. The van der Waals surface area contributed by atoms with Gasteiger partial charge >= 0.3 is 0 Å². The van der Waals surface area contributed by atoms with Gasteiger partial charge in [0.15, 0.2) is 0 Å². The van der Waals surface area contributed by atoms with Gasteiger partial charge in [-0.05, 0) is 28.8 Å². The van der Waals surface area contributed by atoms with Crippen LogP contribution in [0.4, 0.5) is 5.69 Å². The second kappa shape index (κ2) is 5.98. The molecule has 0 aliphatic heterocycles. The molecule has 2 aromatic rings. The Labute approximate surface area is 123 Å². The van der Waals surface area contributed by atoms with Gasteiger partial charge in [-0.15, -0.1) is 0 Å². The first-order chi connectivity index (χ1) is 9.49. The lowest BCUT2D eigenvalue weighted by Crippen LogP contribution is -2.23. The minimum atomic E-state index is -0.622. The summed E-state index contributed by atoms with van der Waals surface area (Å²) in [5.41, 5.74) is 1.80. The first-order valence-electron chi connectivity index (χ1n) is 5.59. The van der Waals surface area contributed by atoms with Gasteiger partial charge in [-0.2, -0.15) is 11.3 Å². The Morgan fingerprint density at radius 2 is 2.30 bits per heavy atom. The van der Waals surface area contributed by atoms with Crippen molar-refractivity contribution in [2.75, 3.05) is 0 Å². The molecular formula is C12H10ClN3O3S. The number of halogens is 1. The highest BCUT2D eigenvalue weighted by molar-refractivity contribution is 7.08. The summed E-state index contributed by atoms with van der Waals surface area (Å²) in [6, 6.07) is 1.12. The smallest absolute Gasteiger partial charge is 0.288 e. The van der Waals surface area contributed by atoms with E-state index in [0.29, 0.717) is 6.54 Å². The molecule has 0 saturated carbocycles. The molecule has 0 spiro atoms. The second-order valence-corrected chi connectivity index (χ2v) is 5.15. The van der Waals surface area contributed by atoms with Crippen LogP contribution in [-0.2, 0) is 6.54 Å². The van der Waals surface area contributed by atoms with Crippen LogP contribution in [0.25, 0.3) is 0 Å². The molecule has 0 saturated heterocycles. The first-order valence-corrected chi connectivity index (χ1v) is 6.91. The molecule has 0 aromatic carbocycles. The largest absolute Gasteiger partial charge is 0.348 e. The molecule has 2 heterocycles. The predicted octanol–water partition coefficient (Wildman–Crippen LogP) is 2.94. The molecule has 0 radical (unpaired) electrons. The van der Waals surface area contributed by atoms with Gasteiger partial charge in [0.05, 0.1) is 10.5 Å². The molecule has 2 aromatic heterocycles. The van der Waals surface area contributed by atoms with Crippen molar-refractivity contribution in [2.45, 2.75) is 13.5 Å². The summed E-state index contributed by atoms with van der Waals surface area (Å²) in [7, 11) is 0. The highest BCUT2D eigenvalue weighted by Crippen LogP contribution is 2.19. The molecule has 0 unspecified atom stereocenters. The molecule has 6 nitrogen and oxygen atoms in total. The number of nitrogens with one attached hydrogen (secondary N) is 1. The minimum absolute atomic E-state index is 0.00579. The number of nitro groups is 1. The number of carbonyl (C=O) groups is 1. The summed E-state index contributed by atoms with van der Waals surface area (Å²) >= 11 is 7.34. The summed E-state index contributed by atoms with van der Waals surface area (Å²) in [5, 5.41) is 17.2. The van der Waals surface area contributed by atoms with Gasteiger partial charge in [-0.25, -0.2) is 4.98 Å². The van der Waals surface area contributed by atoms with E-state index >= 15 is 0 Å². The number of carbonyl (C=O) groups excluding carboxylic acids is 1. The van der Waals surface area contributed by atoms with Crippen molar-refractivity contribution in [1.82, 2.24) is 10.3 Å². The van der Waals surface area contributed by atoms with E-state index in [2.05, 4.69) is 10.3 Å². The van der Waals surface area contributed by atoms with Gasteiger partial charge in [-0.3, -0.25) is 14.9 Å². The van der Waals surface area contributed by atoms with Gasteiger partial charge < -0.3 is 5.32 Å². The van der Waals surface area contributed by atoms with Crippen LogP contribution < -0.4 is 5.32 Å². The van der Waals surface area contributed by atoms with Crippen LogP contribution in [0, 0.1) is 17.0 Å². The van der Waals surface area contributed by atoms with E-state index in [-0.39, 0.29) is 16.4 Å². The van der Waals surface area contributed by atoms with Crippen LogP contribution in [0.1, 0.15) is 21.5 Å². The van der Waals surface area contributed by atoms with Crippen molar-refractivity contribution in [1.29, 1.82) is 0 Å². The van der Waals surface area contributed by atoms with Crippen molar-refractivity contribution >= 4 is 34.5 Å². The molecule has 1 N–H and O–H groups in total. The van der Waals surface area contributed by atoms with Crippen LogP contribution in [-0.4, -0.2) is 15.8 Å². The van der Waals surface area contributed by atoms with Crippen molar-refractivity contribution in [3.05, 3.63) is 55.0 Å². The van der Waals surface area contributed by atoms with E-state index < -0.39 is 10.8 Å². The number of thiophene rings is 1. The molecule has 0 aliphatic rings. The van der Waals surface area contributed by atoms with E-state index in [4.69, 9.17) is 11.6 Å². The molecule has 0 fully saturated rings. The minimum Gasteiger partial charge on any atom is -0.348 e. The van der Waals surface area contributed by atoms with E-state index in [9.17, 15) is 14.9 Å². The van der Waals surface area contributed by atoms with Crippen molar-refractivity contribution in [2.24, 2.45) is 0 Å². The Kier molecular flexibility index (Phi) is 4.31. The van der Waals surface area contributed by atoms with Gasteiger partial charge in [0.2, 0.25) is 0 Å². The lowest BCUT2D eigenvalue weighted by Gasteiger charge is -2.06. The fourth-order valence-corrected chi connectivity index (χ4v) is 2.58. The summed E-state index contributed by atoms with van der Waals surface area (Å²) < 4.78 is 0. The normalized spacial score (nSPS) is 10.3. The predicted molar refractivity (Wildman–Crippen MR) is 76.1 cm³/mol. The Hall–Kier alpha value is -1.99. The fourth-order valence-electron chi connectivity index (χ4n) is 1.53. The highest BCUT2D eigenvalue weighted by atomic mass is 35.5. The molecular weight excluding hydrogens is 302 g/mol. The summed E-state index contributed by atoms with van der Waals surface area (Å²) in [4.78, 5) is 25.7. The number of aromatic nitrogens is 1.